The first-order chi connectivity index (χ1) is 9.72. The van der Waals surface area contributed by atoms with Crippen LogP contribution in [0.2, 0.25) is 0 Å². The molecule has 0 radical (unpaired) electrons. The molecule has 3 heteroatoms. The number of hydrogen-bond acceptors (Lipinski definition) is 2. The van der Waals surface area contributed by atoms with Crippen LogP contribution in [0.15, 0.2) is 60.7 Å². The second-order valence-electron chi connectivity index (χ2n) is 4.64. The van der Waals surface area contributed by atoms with Crippen molar-refractivity contribution in [3.05, 3.63) is 71.8 Å². The number of carbonyl (C=O) groups is 1. The van der Waals surface area contributed by atoms with Crippen molar-refractivity contribution >= 4 is 16.6 Å². The summed E-state index contributed by atoms with van der Waals surface area (Å²) in [6.07, 6.45) is 0.590. The Morgan fingerprint density at radius 2 is 1.55 bits per heavy atom. The lowest BCUT2D eigenvalue weighted by atomic mass is 10.1. The molecule has 0 N–H and O–H groups in total. The van der Waals surface area contributed by atoms with Crippen molar-refractivity contribution in [2.45, 2.75) is 24.3 Å². The Labute approximate surface area is 122 Å². The molecule has 2 rings (SSSR count). The minimum Gasteiger partial charge on any atom is -0.293 e. The van der Waals surface area contributed by atoms with E-state index in [0.717, 1.165) is 5.56 Å². The Bertz CT molecular complexity index is 578. The molecule has 2 aromatic rings. The average Bonchev–Trinajstić information content (AvgIpc) is 2.49. The van der Waals surface area contributed by atoms with E-state index in [2.05, 4.69) is 0 Å². The van der Waals surface area contributed by atoms with Gasteiger partial charge < -0.3 is 0 Å². The minimum atomic E-state index is -1.19. The quantitative estimate of drug-likeness (QED) is 0.760. The fourth-order valence-corrected chi connectivity index (χ4v) is 3.59. The van der Waals surface area contributed by atoms with E-state index in [0.29, 0.717) is 17.7 Å². The van der Waals surface area contributed by atoms with Gasteiger partial charge in [0, 0.05) is 22.1 Å². The fraction of sp³-hybridized carbons (Fsp3) is 0.235. The Kier molecular flexibility index (Phi) is 5.24. The first-order valence-electron chi connectivity index (χ1n) is 6.72. The summed E-state index contributed by atoms with van der Waals surface area (Å²) in [5.74, 6) is 0.403. The van der Waals surface area contributed by atoms with Crippen molar-refractivity contribution in [3.8, 4) is 0 Å². The van der Waals surface area contributed by atoms with E-state index in [-0.39, 0.29) is 5.78 Å². The molecule has 20 heavy (non-hydrogen) atoms. The molecule has 0 bridgehead atoms. The molecule has 0 aromatic heterocycles. The Balaban J connectivity index is 2.12. The van der Waals surface area contributed by atoms with E-state index in [1.807, 2.05) is 55.5 Å². The van der Waals surface area contributed by atoms with E-state index >= 15 is 0 Å². The number of benzene rings is 2. The van der Waals surface area contributed by atoms with Gasteiger partial charge in [-0.25, -0.2) is 0 Å². The third-order valence-electron chi connectivity index (χ3n) is 3.19. The summed E-state index contributed by atoms with van der Waals surface area (Å²) in [7, 11) is -1.19. The van der Waals surface area contributed by atoms with Gasteiger partial charge in [-0.05, 0) is 12.0 Å². The van der Waals surface area contributed by atoms with Crippen LogP contribution in [0.4, 0.5) is 0 Å². The number of carbonyl (C=O) groups excluding carboxylic acids is 1. The van der Waals surface area contributed by atoms with Crippen molar-refractivity contribution in [1.29, 1.82) is 0 Å². The lowest BCUT2D eigenvalue weighted by Gasteiger charge is -2.13. The average molecular weight is 286 g/mol. The first-order valence-corrected chi connectivity index (χ1v) is 8.11. The first kappa shape index (κ1) is 14.7. The number of hydrogen-bond donors (Lipinski definition) is 0. The topological polar surface area (TPSA) is 34.1 Å². The maximum absolute atomic E-state index is 12.4. The van der Waals surface area contributed by atoms with E-state index in [1.54, 1.807) is 12.1 Å². The van der Waals surface area contributed by atoms with E-state index in [4.69, 9.17) is 0 Å². The summed E-state index contributed by atoms with van der Waals surface area (Å²) in [6.45, 7) is 1.91. The number of ketones is 1. The van der Waals surface area contributed by atoms with Crippen LogP contribution in [0.5, 0.6) is 0 Å². The van der Waals surface area contributed by atoms with Crippen LogP contribution in [-0.4, -0.2) is 15.2 Å². The van der Waals surface area contributed by atoms with Crippen LogP contribution in [0.25, 0.3) is 0 Å². The fourth-order valence-electron chi connectivity index (χ4n) is 2.12. The molecule has 0 aliphatic rings. The van der Waals surface area contributed by atoms with Crippen molar-refractivity contribution in [2.24, 2.45) is 0 Å². The van der Waals surface area contributed by atoms with Gasteiger partial charge in [-0.1, -0.05) is 67.6 Å². The molecule has 2 aromatic carbocycles. The minimum absolute atomic E-state index is 0.0256. The van der Waals surface area contributed by atoms with Gasteiger partial charge in [0.15, 0.2) is 5.78 Å². The zero-order valence-electron chi connectivity index (χ0n) is 11.5. The smallest absolute Gasteiger partial charge is 0.178 e. The third-order valence-corrected chi connectivity index (χ3v) is 4.99. The Morgan fingerprint density at radius 3 is 2.10 bits per heavy atom. The molecular formula is C17H18O2S. The molecule has 104 valence electrons. The van der Waals surface area contributed by atoms with Gasteiger partial charge in [-0.15, -0.1) is 0 Å². The van der Waals surface area contributed by atoms with E-state index in [9.17, 15) is 9.00 Å². The zero-order valence-corrected chi connectivity index (χ0v) is 12.3. The Morgan fingerprint density at radius 1 is 1.00 bits per heavy atom. The van der Waals surface area contributed by atoms with Crippen molar-refractivity contribution in [2.75, 3.05) is 0 Å². The van der Waals surface area contributed by atoms with Crippen molar-refractivity contribution in [3.63, 3.8) is 0 Å². The number of Topliss-reactive ketones (excluding diaryl/α,β-unsaturated/α-hetero) is 1. The standard InChI is InChI=1S/C17H18O2S/c1-2-16(17(18)15-11-7-4-8-12-15)20(19)13-14-9-5-3-6-10-14/h3-12,16H,2,13H2,1H3. The predicted molar refractivity (Wildman–Crippen MR) is 83.1 cm³/mol. The molecule has 0 saturated heterocycles. The van der Waals surface area contributed by atoms with Crippen LogP contribution in [0, 0.1) is 0 Å². The molecule has 2 unspecified atom stereocenters. The maximum Gasteiger partial charge on any atom is 0.178 e. The molecular weight excluding hydrogens is 268 g/mol. The largest absolute Gasteiger partial charge is 0.293 e. The molecule has 0 fully saturated rings. The SMILES string of the molecule is CCC(C(=O)c1ccccc1)S(=O)Cc1ccccc1. The summed E-state index contributed by atoms with van der Waals surface area (Å²) in [5.41, 5.74) is 1.64. The molecule has 0 saturated carbocycles. The second-order valence-corrected chi connectivity index (χ2v) is 6.26. The van der Waals surface area contributed by atoms with Crippen LogP contribution in [-0.2, 0) is 16.6 Å². The molecule has 2 atom stereocenters. The van der Waals surface area contributed by atoms with Gasteiger partial charge in [0.1, 0.15) is 0 Å². The highest BCUT2D eigenvalue weighted by molar-refractivity contribution is 7.85. The van der Waals surface area contributed by atoms with Gasteiger partial charge in [-0.2, -0.15) is 0 Å². The van der Waals surface area contributed by atoms with E-state index < -0.39 is 16.0 Å². The second kappa shape index (κ2) is 7.15. The zero-order chi connectivity index (χ0) is 14.4. The number of rotatable bonds is 6. The molecule has 0 aliphatic carbocycles. The molecule has 0 amide bonds. The third kappa shape index (κ3) is 3.64. The van der Waals surface area contributed by atoms with Crippen LogP contribution < -0.4 is 0 Å². The molecule has 0 aliphatic heterocycles. The van der Waals surface area contributed by atoms with Crippen LogP contribution >= 0.6 is 0 Å². The van der Waals surface area contributed by atoms with Crippen molar-refractivity contribution < 1.29 is 9.00 Å². The molecule has 2 nitrogen and oxygen atoms in total. The molecule has 0 heterocycles. The van der Waals surface area contributed by atoms with Gasteiger partial charge in [-0.3, -0.25) is 9.00 Å². The lowest BCUT2D eigenvalue weighted by Crippen LogP contribution is -2.26. The van der Waals surface area contributed by atoms with Crippen LogP contribution in [0.1, 0.15) is 29.3 Å². The normalized spacial score (nSPS) is 13.7. The summed E-state index contributed by atoms with van der Waals surface area (Å²) in [6, 6.07) is 18.8. The van der Waals surface area contributed by atoms with E-state index in [1.165, 1.54) is 0 Å². The summed E-state index contributed by atoms with van der Waals surface area (Å²) in [4.78, 5) is 12.4. The highest BCUT2D eigenvalue weighted by atomic mass is 32.2. The summed E-state index contributed by atoms with van der Waals surface area (Å²) in [5, 5.41) is -0.433. The maximum atomic E-state index is 12.4. The highest BCUT2D eigenvalue weighted by Gasteiger charge is 2.24. The summed E-state index contributed by atoms with van der Waals surface area (Å²) < 4.78 is 12.4. The highest BCUT2D eigenvalue weighted by Crippen LogP contribution is 2.15. The summed E-state index contributed by atoms with van der Waals surface area (Å²) >= 11 is 0. The van der Waals surface area contributed by atoms with Crippen LogP contribution in [0.3, 0.4) is 0 Å². The van der Waals surface area contributed by atoms with Gasteiger partial charge in [0.25, 0.3) is 0 Å². The van der Waals surface area contributed by atoms with Gasteiger partial charge in [0.2, 0.25) is 0 Å². The lowest BCUT2D eigenvalue weighted by molar-refractivity contribution is 0.0986. The van der Waals surface area contributed by atoms with Gasteiger partial charge >= 0.3 is 0 Å². The van der Waals surface area contributed by atoms with Crippen molar-refractivity contribution in [1.82, 2.24) is 0 Å². The Hall–Kier alpha value is -1.74. The van der Waals surface area contributed by atoms with Gasteiger partial charge in [0.05, 0.1) is 5.25 Å². The monoisotopic (exact) mass is 286 g/mol. The predicted octanol–water partition coefficient (Wildman–Crippen LogP) is 3.60. The molecule has 0 spiro atoms.